The van der Waals surface area contributed by atoms with Crippen molar-refractivity contribution in [1.29, 1.82) is 0 Å². The molecule has 0 amide bonds. The normalized spacial score (nSPS) is 11.0. The van der Waals surface area contributed by atoms with Crippen molar-refractivity contribution in [3.05, 3.63) is 49.9 Å². The molecule has 20 heavy (non-hydrogen) atoms. The summed E-state index contributed by atoms with van der Waals surface area (Å²) in [5.41, 5.74) is 1.27. The largest absolute Gasteiger partial charge is 0.506 e. The van der Waals surface area contributed by atoms with Crippen LogP contribution >= 0.6 is 43.5 Å². The Hall–Kier alpha value is -1.04. The number of phenols is 1. The van der Waals surface area contributed by atoms with Crippen LogP contribution in [0, 0.1) is 0 Å². The maximum atomic E-state index is 9.86. The Morgan fingerprint density at radius 3 is 2.65 bits per heavy atom. The minimum Gasteiger partial charge on any atom is -0.506 e. The summed E-state index contributed by atoms with van der Waals surface area (Å²) in [4.78, 5) is 4.31. The molecule has 0 aliphatic carbocycles. The summed E-state index contributed by atoms with van der Waals surface area (Å²) in [6.45, 7) is 0. The van der Waals surface area contributed by atoms with Crippen LogP contribution in [-0.4, -0.2) is 18.4 Å². The first-order valence-electron chi connectivity index (χ1n) is 5.57. The average Bonchev–Trinajstić information content (AvgIpc) is 2.41. The van der Waals surface area contributed by atoms with Crippen molar-refractivity contribution >= 4 is 55.4 Å². The van der Waals surface area contributed by atoms with E-state index in [1.807, 2.05) is 18.2 Å². The molecule has 0 saturated heterocycles. The summed E-state index contributed by atoms with van der Waals surface area (Å²) < 4.78 is 6.74. The number of phenolic OH excluding ortho intramolecular Hbond substituents is 1. The maximum Gasteiger partial charge on any atom is 0.143 e. The summed E-state index contributed by atoms with van der Waals surface area (Å²) in [6.07, 6.45) is 1.56. The van der Waals surface area contributed by atoms with E-state index >= 15 is 0 Å². The standard InChI is InChI=1S/C14H10Br2ClNO2/c1-20-13-3-2-10(6-11(13)16)18-7-8-4-9(15)5-12(17)14(8)19/h2-7,19H,1H3. The van der Waals surface area contributed by atoms with E-state index < -0.39 is 0 Å². The van der Waals surface area contributed by atoms with Crippen molar-refractivity contribution in [1.82, 2.24) is 0 Å². The van der Waals surface area contributed by atoms with Gasteiger partial charge in [0.05, 0.1) is 22.3 Å². The second-order valence-corrected chi connectivity index (χ2v) is 6.08. The van der Waals surface area contributed by atoms with E-state index in [4.69, 9.17) is 16.3 Å². The molecular formula is C14H10Br2ClNO2. The number of halogens is 3. The average molecular weight is 420 g/mol. The van der Waals surface area contributed by atoms with Gasteiger partial charge in [0.1, 0.15) is 11.5 Å². The van der Waals surface area contributed by atoms with Crippen LogP contribution in [0.4, 0.5) is 5.69 Å². The highest BCUT2D eigenvalue weighted by Gasteiger charge is 2.06. The van der Waals surface area contributed by atoms with Crippen LogP contribution < -0.4 is 4.74 Å². The maximum absolute atomic E-state index is 9.86. The van der Waals surface area contributed by atoms with Gasteiger partial charge in [0, 0.05) is 16.3 Å². The second kappa shape index (κ2) is 6.61. The van der Waals surface area contributed by atoms with Gasteiger partial charge in [-0.15, -0.1) is 0 Å². The van der Waals surface area contributed by atoms with E-state index in [-0.39, 0.29) is 10.8 Å². The molecule has 2 rings (SSSR count). The van der Waals surface area contributed by atoms with Crippen LogP contribution in [0.25, 0.3) is 0 Å². The predicted molar refractivity (Wildman–Crippen MR) is 88.8 cm³/mol. The molecular weight excluding hydrogens is 409 g/mol. The van der Waals surface area contributed by atoms with Gasteiger partial charge in [-0.2, -0.15) is 0 Å². The molecule has 2 aromatic rings. The number of aliphatic imine (C=N–C) groups is 1. The Bertz CT molecular complexity index is 674. The molecule has 0 aliphatic heterocycles. The van der Waals surface area contributed by atoms with Gasteiger partial charge in [-0.3, -0.25) is 4.99 Å². The minimum atomic E-state index is 0.00574. The molecule has 0 bridgehead atoms. The lowest BCUT2D eigenvalue weighted by Gasteiger charge is -2.04. The molecule has 0 aliphatic rings. The predicted octanol–water partition coefficient (Wildman–Crippen LogP) is 5.33. The fourth-order valence-corrected chi connectivity index (χ4v) is 2.93. The first-order chi connectivity index (χ1) is 9.51. The third-order valence-electron chi connectivity index (χ3n) is 2.55. The Labute approximate surface area is 138 Å². The topological polar surface area (TPSA) is 41.8 Å². The molecule has 3 nitrogen and oxygen atoms in total. The van der Waals surface area contributed by atoms with Crippen LogP contribution in [0.2, 0.25) is 5.02 Å². The van der Waals surface area contributed by atoms with Gasteiger partial charge < -0.3 is 9.84 Å². The Morgan fingerprint density at radius 1 is 1.25 bits per heavy atom. The van der Waals surface area contributed by atoms with E-state index in [2.05, 4.69) is 36.9 Å². The van der Waals surface area contributed by atoms with E-state index in [0.717, 1.165) is 20.4 Å². The third-order valence-corrected chi connectivity index (χ3v) is 3.91. The summed E-state index contributed by atoms with van der Waals surface area (Å²) in [6, 6.07) is 8.81. The first kappa shape index (κ1) is 15.4. The Morgan fingerprint density at radius 2 is 2.00 bits per heavy atom. The molecule has 0 aromatic heterocycles. The smallest absolute Gasteiger partial charge is 0.143 e. The molecule has 0 unspecified atom stereocenters. The fourth-order valence-electron chi connectivity index (χ4n) is 1.56. The van der Waals surface area contributed by atoms with Crippen LogP contribution in [0.5, 0.6) is 11.5 Å². The van der Waals surface area contributed by atoms with Gasteiger partial charge in [0.2, 0.25) is 0 Å². The summed E-state index contributed by atoms with van der Waals surface area (Å²) >= 11 is 12.6. The van der Waals surface area contributed by atoms with Gasteiger partial charge >= 0.3 is 0 Å². The molecule has 0 heterocycles. The van der Waals surface area contributed by atoms with Crippen molar-refractivity contribution in [3.8, 4) is 11.5 Å². The molecule has 6 heteroatoms. The summed E-state index contributed by atoms with van der Waals surface area (Å²) in [5.74, 6) is 0.739. The van der Waals surface area contributed by atoms with Crippen LogP contribution in [0.15, 0.2) is 44.3 Å². The molecule has 0 spiro atoms. The van der Waals surface area contributed by atoms with E-state index in [9.17, 15) is 5.11 Å². The van der Waals surface area contributed by atoms with Crippen molar-refractivity contribution in [2.75, 3.05) is 7.11 Å². The zero-order valence-corrected chi connectivity index (χ0v) is 14.3. The molecule has 2 aromatic carbocycles. The molecule has 104 valence electrons. The van der Waals surface area contributed by atoms with Crippen molar-refractivity contribution in [3.63, 3.8) is 0 Å². The van der Waals surface area contributed by atoms with E-state index in [1.165, 1.54) is 0 Å². The number of hydrogen-bond donors (Lipinski definition) is 1. The lowest BCUT2D eigenvalue weighted by molar-refractivity contribution is 0.412. The number of nitrogens with zero attached hydrogens (tertiary/aromatic N) is 1. The van der Waals surface area contributed by atoms with Gasteiger partial charge in [-0.25, -0.2) is 0 Å². The van der Waals surface area contributed by atoms with Gasteiger partial charge in [-0.05, 0) is 46.3 Å². The molecule has 0 atom stereocenters. The van der Waals surface area contributed by atoms with Crippen LogP contribution in [0.1, 0.15) is 5.56 Å². The number of hydrogen-bond acceptors (Lipinski definition) is 3. The van der Waals surface area contributed by atoms with Gasteiger partial charge in [0.25, 0.3) is 0 Å². The molecule has 0 saturated carbocycles. The number of benzene rings is 2. The number of aromatic hydroxyl groups is 1. The Kier molecular flexibility index (Phi) is 5.07. The quantitative estimate of drug-likeness (QED) is 0.684. The zero-order chi connectivity index (χ0) is 14.7. The zero-order valence-electron chi connectivity index (χ0n) is 10.4. The van der Waals surface area contributed by atoms with E-state index in [0.29, 0.717) is 5.56 Å². The molecule has 0 fully saturated rings. The second-order valence-electron chi connectivity index (χ2n) is 3.90. The number of methoxy groups -OCH3 is 1. The minimum absolute atomic E-state index is 0.00574. The summed E-state index contributed by atoms with van der Waals surface area (Å²) in [7, 11) is 1.60. The molecule has 0 radical (unpaired) electrons. The Balaban J connectivity index is 2.32. The van der Waals surface area contributed by atoms with Crippen LogP contribution in [0.3, 0.4) is 0 Å². The van der Waals surface area contributed by atoms with Crippen LogP contribution in [-0.2, 0) is 0 Å². The van der Waals surface area contributed by atoms with Crippen molar-refractivity contribution in [2.24, 2.45) is 4.99 Å². The highest BCUT2D eigenvalue weighted by Crippen LogP contribution is 2.32. The first-order valence-corrected chi connectivity index (χ1v) is 7.53. The van der Waals surface area contributed by atoms with Crippen molar-refractivity contribution < 1.29 is 9.84 Å². The highest BCUT2D eigenvalue weighted by molar-refractivity contribution is 9.10. The monoisotopic (exact) mass is 417 g/mol. The van der Waals surface area contributed by atoms with Gasteiger partial charge in [-0.1, -0.05) is 27.5 Å². The number of ether oxygens (including phenoxy) is 1. The third kappa shape index (κ3) is 3.53. The fraction of sp³-hybridized carbons (Fsp3) is 0.0714. The van der Waals surface area contributed by atoms with Gasteiger partial charge in [0.15, 0.2) is 0 Å². The number of rotatable bonds is 3. The SMILES string of the molecule is COc1ccc(N=Cc2cc(Br)cc(Cl)c2O)cc1Br. The van der Waals surface area contributed by atoms with Crippen molar-refractivity contribution in [2.45, 2.75) is 0 Å². The lowest BCUT2D eigenvalue weighted by Crippen LogP contribution is -1.85. The summed E-state index contributed by atoms with van der Waals surface area (Å²) in [5, 5.41) is 10.1. The van der Waals surface area contributed by atoms with E-state index in [1.54, 1.807) is 25.5 Å². The highest BCUT2D eigenvalue weighted by atomic mass is 79.9. The lowest BCUT2D eigenvalue weighted by atomic mass is 10.2. The molecule has 1 N–H and O–H groups in total.